The van der Waals surface area contributed by atoms with Gasteiger partial charge in [-0.05, 0) is 60.7 Å². The molecule has 0 N–H and O–H groups in total. The van der Waals surface area contributed by atoms with Crippen molar-refractivity contribution in [1.82, 2.24) is 0 Å². The molecule has 0 unspecified atom stereocenters. The lowest BCUT2D eigenvalue weighted by molar-refractivity contribution is -0.154. The molecule has 0 radical (unpaired) electrons. The van der Waals surface area contributed by atoms with Gasteiger partial charge in [0.25, 0.3) is 5.76 Å². The van der Waals surface area contributed by atoms with Gasteiger partial charge in [0.15, 0.2) is 0 Å². The number of hydrogen-bond acceptors (Lipinski definition) is 6. The van der Waals surface area contributed by atoms with Gasteiger partial charge < -0.3 is 13.9 Å². The molecule has 0 saturated carbocycles. The molecule has 0 saturated heterocycles. The quantitative estimate of drug-likeness (QED) is 0.257. The summed E-state index contributed by atoms with van der Waals surface area (Å²) in [6.45, 7) is 3.51. The zero-order chi connectivity index (χ0) is 23.0. The number of alkyl halides is 3. The van der Waals surface area contributed by atoms with Crippen LogP contribution in [0, 0.1) is 13.8 Å². The zero-order valence-corrected chi connectivity index (χ0v) is 17.6. The molecule has 4 rings (SSSR count). The standard InChI is InChI=1S/C23H15F3O5S/c1-12-8-13(2)10-15(9-12)29-20-19(27)16-6-5-14(30-22(28)18-4-3-7-32-18)11-17(16)31-21(20)23(24,25)26/h3-11H,1-2H3. The summed E-state index contributed by atoms with van der Waals surface area (Å²) in [5, 5.41) is 1.54. The van der Waals surface area contributed by atoms with E-state index in [0.717, 1.165) is 28.5 Å². The predicted molar refractivity (Wildman–Crippen MR) is 113 cm³/mol. The van der Waals surface area contributed by atoms with Crippen LogP contribution in [0.1, 0.15) is 26.6 Å². The Balaban J connectivity index is 1.79. The number of carbonyl (C=O) groups excluding carboxylic acids is 1. The lowest BCUT2D eigenvalue weighted by atomic mass is 10.1. The van der Waals surface area contributed by atoms with Gasteiger partial charge in [-0.25, -0.2) is 4.79 Å². The third-order valence-electron chi connectivity index (χ3n) is 4.43. The third-order valence-corrected chi connectivity index (χ3v) is 5.28. The molecule has 0 fully saturated rings. The van der Waals surface area contributed by atoms with Crippen LogP contribution in [0.3, 0.4) is 0 Å². The molecule has 0 atom stereocenters. The molecule has 5 nitrogen and oxygen atoms in total. The Kier molecular flexibility index (Phi) is 5.52. The van der Waals surface area contributed by atoms with E-state index < -0.39 is 29.1 Å². The molecule has 0 bridgehead atoms. The SMILES string of the molecule is Cc1cc(C)cc(Oc2c(C(F)(F)F)oc3cc(OC(=O)c4cccs4)ccc3c2=O)c1. The number of esters is 1. The molecule has 0 aliphatic heterocycles. The topological polar surface area (TPSA) is 65.7 Å². The van der Waals surface area contributed by atoms with Gasteiger partial charge in [0.1, 0.15) is 22.0 Å². The summed E-state index contributed by atoms with van der Waals surface area (Å²) < 4.78 is 56.7. The zero-order valence-electron chi connectivity index (χ0n) is 16.8. The third kappa shape index (κ3) is 4.38. The molecule has 2 heterocycles. The first-order valence-corrected chi connectivity index (χ1v) is 10.2. The molecule has 0 aliphatic rings. The first-order valence-electron chi connectivity index (χ1n) is 9.32. The summed E-state index contributed by atoms with van der Waals surface area (Å²) in [4.78, 5) is 25.3. The Hall–Kier alpha value is -3.59. The molecule has 0 spiro atoms. The minimum Gasteiger partial charge on any atom is -0.449 e. The Morgan fingerprint density at radius 2 is 1.72 bits per heavy atom. The van der Waals surface area contributed by atoms with Crippen molar-refractivity contribution in [3.05, 3.63) is 85.9 Å². The Bertz CT molecular complexity index is 1350. The van der Waals surface area contributed by atoms with Crippen molar-refractivity contribution >= 4 is 28.3 Å². The van der Waals surface area contributed by atoms with Gasteiger partial charge >= 0.3 is 12.1 Å². The Labute approximate surface area is 183 Å². The van der Waals surface area contributed by atoms with Gasteiger partial charge in [-0.1, -0.05) is 12.1 Å². The molecule has 32 heavy (non-hydrogen) atoms. The van der Waals surface area contributed by atoms with Crippen LogP contribution >= 0.6 is 11.3 Å². The van der Waals surface area contributed by atoms with Crippen LogP contribution in [0.15, 0.2) is 63.1 Å². The highest BCUT2D eigenvalue weighted by Crippen LogP contribution is 2.39. The molecular formula is C23H15F3O5S. The van der Waals surface area contributed by atoms with Crippen molar-refractivity contribution in [1.29, 1.82) is 0 Å². The van der Waals surface area contributed by atoms with E-state index >= 15 is 0 Å². The fourth-order valence-electron chi connectivity index (χ4n) is 3.16. The van der Waals surface area contributed by atoms with Crippen molar-refractivity contribution in [2.45, 2.75) is 20.0 Å². The maximum Gasteiger partial charge on any atom is 0.453 e. The van der Waals surface area contributed by atoms with E-state index in [2.05, 4.69) is 0 Å². The van der Waals surface area contributed by atoms with Crippen LogP contribution in [0.4, 0.5) is 13.2 Å². The molecule has 164 valence electrons. The lowest BCUT2D eigenvalue weighted by Crippen LogP contribution is -2.15. The average Bonchev–Trinajstić information content (AvgIpc) is 3.23. The smallest absolute Gasteiger partial charge is 0.449 e. The monoisotopic (exact) mass is 460 g/mol. The summed E-state index contributed by atoms with van der Waals surface area (Å²) in [5.41, 5.74) is 0.146. The van der Waals surface area contributed by atoms with Gasteiger partial charge in [0.2, 0.25) is 11.2 Å². The Morgan fingerprint density at radius 1 is 1.00 bits per heavy atom. The van der Waals surface area contributed by atoms with E-state index in [0.29, 0.717) is 4.88 Å². The number of fused-ring (bicyclic) bond motifs is 1. The number of benzene rings is 2. The average molecular weight is 460 g/mol. The highest BCUT2D eigenvalue weighted by molar-refractivity contribution is 7.12. The summed E-state index contributed by atoms with van der Waals surface area (Å²) in [6.07, 6.45) is -4.99. The molecule has 4 aromatic rings. The summed E-state index contributed by atoms with van der Waals surface area (Å²) in [6, 6.07) is 11.7. The largest absolute Gasteiger partial charge is 0.453 e. The van der Waals surface area contributed by atoms with Crippen LogP contribution in [0.25, 0.3) is 11.0 Å². The first-order chi connectivity index (χ1) is 15.1. The minimum absolute atomic E-state index is 0.0600. The second-order valence-electron chi connectivity index (χ2n) is 7.04. The number of hydrogen-bond donors (Lipinski definition) is 0. The van der Waals surface area contributed by atoms with Crippen molar-refractivity contribution in [3.8, 4) is 17.2 Å². The van der Waals surface area contributed by atoms with Crippen molar-refractivity contribution < 1.29 is 31.9 Å². The van der Waals surface area contributed by atoms with Gasteiger partial charge in [-0.2, -0.15) is 13.2 Å². The predicted octanol–water partition coefficient (Wildman–Crippen LogP) is 6.50. The van der Waals surface area contributed by atoms with Gasteiger partial charge in [-0.15, -0.1) is 11.3 Å². The summed E-state index contributed by atoms with van der Waals surface area (Å²) in [7, 11) is 0. The molecule has 2 aromatic heterocycles. The van der Waals surface area contributed by atoms with Crippen LogP contribution in [0.2, 0.25) is 0 Å². The molecule has 9 heteroatoms. The summed E-state index contributed by atoms with van der Waals surface area (Å²) in [5.74, 6) is -3.18. The number of aryl methyl sites for hydroxylation is 2. The fraction of sp³-hybridized carbons (Fsp3) is 0.130. The van der Waals surface area contributed by atoms with E-state index in [-0.39, 0.29) is 22.5 Å². The van der Waals surface area contributed by atoms with Crippen LogP contribution in [-0.4, -0.2) is 5.97 Å². The number of halogens is 3. The number of carbonyl (C=O) groups is 1. The molecule has 0 aliphatic carbocycles. The van der Waals surface area contributed by atoms with Gasteiger partial charge in [0, 0.05) is 6.07 Å². The number of ether oxygens (including phenoxy) is 2. The van der Waals surface area contributed by atoms with Gasteiger partial charge in [-0.3, -0.25) is 4.79 Å². The van der Waals surface area contributed by atoms with Crippen LogP contribution in [0.5, 0.6) is 17.2 Å². The first kappa shape index (κ1) is 21.6. The van der Waals surface area contributed by atoms with Crippen molar-refractivity contribution in [3.63, 3.8) is 0 Å². The normalized spacial score (nSPS) is 11.5. The molecular weight excluding hydrogens is 445 g/mol. The highest BCUT2D eigenvalue weighted by Gasteiger charge is 2.40. The Morgan fingerprint density at radius 3 is 2.34 bits per heavy atom. The van der Waals surface area contributed by atoms with Crippen molar-refractivity contribution in [2.75, 3.05) is 0 Å². The lowest BCUT2D eigenvalue weighted by Gasteiger charge is -2.14. The van der Waals surface area contributed by atoms with E-state index in [1.54, 1.807) is 31.4 Å². The van der Waals surface area contributed by atoms with E-state index in [1.165, 1.54) is 24.3 Å². The van der Waals surface area contributed by atoms with Crippen LogP contribution < -0.4 is 14.9 Å². The van der Waals surface area contributed by atoms with E-state index in [9.17, 15) is 22.8 Å². The van der Waals surface area contributed by atoms with E-state index in [4.69, 9.17) is 13.9 Å². The fourth-order valence-corrected chi connectivity index (χ4v) is 3.76. The second kappa shape index (κ2) is 8.16. The van der Waals surface area contributed by atoms with Gasteiger partial charge in [0.05, 0.1) is 5.39 Å². The van der Waals surface area contributed by atoms with E-state index in [1.807, 2.05) is 6.07 Å². The molecule has 2 aromatic carbocycles. The highest BCUT2D eigenvalue weighted by atomic mass is 32.1. The maximum atomic E-state index is 13.7. The second-order valence-corrected chi connectivity index (χ2v) is 7.99. The van der Waals surface area contributed by atoms with Crippen molar-refractivity contribution in [2.24, 2.45) is 0 Å². The maximum absolute atomic E-state index is 13.7. The molecule has 0 amide bonds. The number of thiophene rings is 1. The number of rotatable bonds is 4. The van der Waals surface area contributed by atoms with Crippen LogP contribution in [-0.2, 0) is 6.18 Å². The minimum atomic E-state index is -4.99. The summed E-state index contributed by atoms with van der Waals surface area (Å²) >= 11 is 1.15.